The maximum absolute atomic E-state index is 12.8. The zero-order valence-electron chi connectivity index (χ0n) is 11.6. The number of benzene rings is 1. The highest BCUT2D eigenvalue weighted by atomic mass is 19.4. The zero-order valence-corrected chi connectivity index (χ0v) is 11.6. The van der Waals surface area contributed by atoms with Gasteiger partial charge in [0, 0.05) is 19.7 Å². The normalized spacial score (nSPS) is 11.3. The van der Waals surface area contributed by atoms with Gasteiger partial charge in [-0.1, -0.05) is 12.1 Å². The predicted octanol–water partition coefficient (Wildman–Crippen LogP) is 3.14. The fourth-order valence-electron chi connectivity index (χ4n) is 1.92. The number of anilines is 1. The number of nitro groups is 1. The zero-order chi connectivity index (χ0) is 16.5. The lowest BCUT2D eigenvalue weighted by Gasteiger charge is -2.13. The Balaban J connectivity index is 2.68. The van der Waals surface area contributed by atoms with Crippen LogP contribution in [-0.4, -0.2) is 29.0 Å². The maximum Gasteiger partial charge on any atom is 0.416 e. The first-order chi connectivity index (χ1) is 10.2. The number of halogens is 3. The minimum absolute atomic E-state index is 0.00650. The van der Waals surface area contributed by atoms with Gasteiger partial charge < -0.3 is 4.90 Å². The summed E-state index contributed by atoms with van der Waals surface area (Å²) < 4.78 is 38.3. The van der Waals surface area contributed by atoms with E-state index in [0.29, 0.717) is 0 Å². The molecule has 0 atom stereocenters. The Labute approximate surface area is 123 Å². The van der Waals surface area contributed by atoms with Gasteiger partial charge in [0.05, 0.1) is 10.5 Å². The molecule has 0 amide bonds. The van der Waals surface area contributed by atoms with Gasteiger partial charge in [-0.2, -0.15) is 13.2 Å². The quantitative estimate of drug-likeness (QED) is 0.643. The van der Waals surface area contributed by atoms with Gasteiger partial charge in [-0.3, -0.25) is 10.1 Å². The van der Waals surface area contributed by atoms with E-state index in [1.807, 2.05) is 0 Å². The smallest absolute Gasteiger partial charge is 0.357 e. The van der Waals surface area contributed by atoms with Crippen LogP contribution in [0.4, 0.5) is 24.7 Å². The summed E-state index contributed by atoms with van der Waals surface area (Å²) >= 11 is 0. The van der Waals surface area contributed by atoms with Crippen molar-refractivity contribution in [3.63, 3.8) is 0 Å². The Kier molecular flexibility index (Phi) is 3.98. The van der Waals surface area contributed by atoms with E-state index in [-0.39, 0.29) is 17.1 Å². The lowest BCUT2D eigenvalue weighted by Crippen LogP contribution is -2.14. The van der Waals surface area contributed by atoms with Gasteiger partial charge in [0.15, 0.2) is 5.69 Å². The van der Waals surface area contributed by atoms with Gasteiger partial charge in [0.1, 0.15) is 6.33 Å². The number of hydrogen-bond acceptors (Lipinski definition) is 5. The number of alkyl halides is 3. The second-order valence-corrected chi connectivity index (χ2v) is 4.62. The molecule has 6 nitrogen and oxygen atoms in total. The Hall–Kier alpha value is -2.71. The molecule has 0 unspecified atom stereocenters. The number of nitrogens with zero attached hydrogens (tertiary/aromatic N) is 4. The van der Waals surface area contributed by atoms with E-state index in [4.69, 9.17) is 0 Å². The van der Waals surface area contributed by atoms with E-state index in [1.54, 1.807) is 14.1 Å². The molecule has 1 aromatic heterocycles. The average Bonchev–Trinajstić information content (AvgIpc) is 2.45. The summed E-state index contributed by atoms with van der Waals surface area (Å²) in [5.74, 6) is 0.0208. The summed E-state index contributed by atoms with van der Waals surface area (Å²) in [6, 6.07) is 4.24. The third-order valence-corrected chi connectivity index (χ3v) is 2.87. The molecule has 1 heterocycles. The van der Waals surface area contributed by atoms with E-state index < -0.39 is 22.4 Å². The van der Waals surface area contributed by atoms with Crippen LogP contribution in [0, 0.1) is 10.1 Å². The Morgan fingerprint density at radius 2 is 1.91 bits per heavy atom. The summed E-state index contributed by atoms with van der Waals surface area (Å²) in [6.45, 7) is 0. The van der Waals surface area contributed by atoms with Gasteiger partial charge in [0.25, 0.3) is 0 Å². The first-order valence-electron chi connectivity index (χ1n) is 6.06. The highest BCUT2D eigenvalue weighted by molar-refractivity contribution is 5.77. The molecule has 0 saturated carbocycles. The molecular formula is C13H11F3N4O2. The molecule has 0 aliphatic carbocycles. The highest BCUT2D eigenvalue weighted by Gasteiger charge is 2.32. The lowest BCUT2D eigenvalue weighted by molar-refractivity contribution is -0.383. The van der Waals surface area contributed by atoms with Crippen LogP contribution < -0.4 is 4.90 Å². The number of rotatable bonds is 3. The summed E-state index contributed by atoms with van der Waals surface area (Å²) in [5, 5.41) is 11.3. The molecule has 22 heavy (non-hydrogen) atoms. The van der Waals surface area contributed by atoms with Crippen LogP contribution >= 0.6 is 0 Å². The molecule has 0 spiro atoms. The predicted molar refractivity (Wildman–Crippen MR) is 73.5 cm³/mol. The van der Waals surface area contributed by atoms with E-state index in [1.165, 1.54) is 17.0 Å². The van der Waals surface area contributed by atoms with E-state index in [9.17, 15) is 23.3 Å². The van der Waals surface area contributed by atoms with Crippen molar-refractivity contribution in [1.82, 2.24) is 9.97 Å². The molecule has 1 aromatic carbocycles. The fourth-order valence-corrected chi connectivity index (χ4v) is 1.92. The molecule has 0 saturated heterocycles. The molecule has 2 aromatic rings. The van der Waals surface area contributed by atoms with Gasteiger partial charge in [-0.15, -0.1) is 0 Å². The molecule has 116 valence electrons. The Morgan fingerprint density at radius 3 is 2.45 bits per heavy atom. The summed E-state index contributed by atoms with van der Waals surface area (Å²) in [6.07, 6.45) is -3.46. The Bertz CT molecular complexity index is 717. The van der Waals surface area contributed by atoms with Crippen molar-refractivity contribution in [3.8, 4) is 11.3 Å². The number of hydrogen-bond donors (Lipinski definition) is 0. The molecule has 0 aliphatic heterocycles. The van der Waals surface area contributed by atoms with Gasteiger partial charge in [-0.25, -0.2) is 9.97 Å². The second-order valence-electron chi connectivity index (χ2n) is 4.62. The molecule has 0 bridgehead atoms. The standard InChI is InChI=1S/C13H11F3N4O2/c1-19(2)12-11(20(21)22)10(17-7-18-12)8-4-3-5-9(6-8)13(14,15)16/h3-7H,1-2H3. The fraction of sp³-hybridized carbons (Fsp3) is 0.231. The van der Waals surface area contributed by atoms with Crippen LogP contribution in [-0.2, 0) is 6.18 Å². The molecule has 2 rings (SSSR count). The largest absolute Gasteiger partial charge is 0.416 e. The summed E-state index contributed by atoms with van der Waals surface area (Å²) in [4.78, 5) is 19.6. The average molecular weight is 312 g/mol. The van der Waals surface area contributed by atoms with Crippen molar-refractivity contribution in [2.75, 3.05) is 19.0 Å². The van der Waals surface area contributed by atoms with E-state index >= 15 is 0 Å². The molecule has 0 aliphatic rings. The van der Waals surface area contributed by atoms with Gasteiger partial charge >= 0.3 is 11.9 Å². The van der Waals surface area contributed by atoms with Crippen LogP contribution in [0.15, 0.2) is 30.6 Å². The number of aromatic nitrogens is 2. The van der Waals surface area contributed by atoms with Crippen LogP contribution in [0.25, 0.3) is 11.3 Å². The van der Waals surface area contributed by atoms with E-state index in [0.717, 1.165) is 18.5 Å². The van der Waals surface area contributed by atoms with Gasteiger partial charge in [0.2, 0.25) is 5.82 Å². The first-order valence-corrected chi connectivity index (χ1v) is 6.06. The van der Waals surface area contributed by atoms with Crippen molar-refractivity contribution in [2.45, 2.75) is 6.18 Å². The van der Waals surface area contributed by atoms with Crippen molar-refractivity contribution in [2.24, 2.45) is 0 Å². The minimum Gasteiger partial charge on any atom is -0.357 e. The van der Waals surface area contributed by atoms with Crippen LogP contribution in [0.2, 0.25) is 0 Å². The third-order valence-electron chi connectivity index (χ3n) is 2.87. The molecule has 0 N–H and O–H groups in total. The van der Waals surface area contributed by atoms with Crippen molar-refractivity contribution in [3.05, 3.63) is 46.3 Å². The summed E-state index contributed by atoms with van der Waals surface area (Å²) in [7, 11) is 3.09. The van der Waals surface area contributed by atoms with Gasteiger partial charge in [-0.05, 0) is 12.1 Å². The van der Waals surface area contributed by atoms with Crippen LogP contribution in [0.3, 0.4) is 0 Å². The Morgan fingerprint density at radius 1 is 1.23 bits per heavy atom. The highest BCUT2D eigenvalue weighted by Crippen LogP contribution is 2.37. The molecule has 0 fully saturated rings. The van der Waals surface area contributed by atoms with Crippen LogP contribution in [0.5, 0.6) is 0 Å². The SMILES string of the molecule is CN(C)c1ncnc(-c2cccc(C(F)(F)F)c2)c1[N+](=O)[O-]. The van der Waals surface area contributed by atoms with Crippen LogP contribution in [0.1, 0.15) is 5.56 Å². The lowest BCUT2D eigenvalue weighted by atomic mass is 10.1. The monoisotopic (exact) mass is 312 g/mol. The minimum atomic E-state index is -4.54. The van der Waals surface area contributed by atoms with Crippen molar-refractivity contribution >= 4 is 11.5 Å². The maximum atomic E-state index is 12.8. The van der Waals surface area contributed by atoms with Crippen molar-refractivity contribution in [1.29, 1.82) is 0 Å². The summed E-state index contributed by atoms with van der Waals surface area (Å²) in [5.41, 5.74) is -1.49. The molecule has 9 heteroatoms. The van der Waals surface area contributed by atoms with Crippen molar-refractivity contribution < 1.29 is 18.1 Å². The first kappa shape index (κ1) is 15.7. The van der Waals surface area contributed by atoms with E-state index in [2.05, 4.69) is 9.97 Å². The third kappa shape index (κ3) is 2.97. The molecule has 0 radical (unpaired) electrons. The second kappa shape index (κ2) is 5.58. The topological polar surface area (TPSA) is 72.2 Å². The molecular weight excluding hydrogens is 301 g/mol.